The summed E-state index contributed by atoms with van der Waals surface area (Å²) in [6.45, 7) is 0.223. The maximum atomic E-state index is 10.7. The molecule has 96 valence electrons. The summed E-state index contributed by atoms with van der Waals surface area (Å²) in [5.74, 6) is 1.62. The van der Waals surface area contributed by atoms with Crippen molar-refractivity contribution < 1.29 is 17.3 Å². The van der Waals surface area contributed by atoms with Gasteiger partial charge < -0.3 is 4.74 Å². The average Bonchev–Trinajstić information content (AvgIpc) is 2.27. The number of thioether (sulfide) groups is 1. The summed E-state index contributed by atoms with van der Waals surface area (Å²) in [6.07, 6.45) is 1.73. The number of benzene rings is 1. The molecule has 0 N–H and O–H groups in total. The van der Waals surface area contributed by atoms with E-state index in [1.807, 2.05) is 24.3 Å². The molecule has 0 atom stereocenters. The number of hydrogen-bond donors (Lipinski definition) is 0. The molecule has 0 heterocycles. The summed E-state index contributed by atoms with van der Waals surface area (Å²) in [7, 11) is -1.68. The van der Waals surface area contributed by atoms with Crippen molar-refractivity contribution in [1.29, 1.82) is 0 Å². The fourth-order valence-electron chi connectivity index (χ4n) is 1.19. The molecule has 0 bridgehead atoms. The van der Waals surface area contributed by atoms with Gasteiger partial charge in [0, 0.05) is 10.6 Å². The molecular formula is C11H16O4S2. The van der Waals surface area contributed by atoms with Gasteiger partial charge in [0.1, 0.15) is 5.75 Å². The Hall–Kier alpha value is -0.720. The van der Waals surface area contributed by atoms with Crippen LogP contribution in [0.5, 0.6) is 5.75 Å². The van der Waals surface area contributed by atoms with Gasteiger partial charge in [-0.1, -0.05) is 12.1 Å². The molecular weight excluding hydrogens is 260 g/mol. The normalized spacial score (nSPS) is 11.4. The molecule has 1 aromatic rings. The van der Waals surface area contributed by atoms with Crippen LogP contribution in [0.3, 0.4) is 0 Å². The summed E-state index contributed by atoms with van der Waals surface area (Å²) < 4.78 is 31.3. The summed E-state index contributed by atoms with van der Waals surface area (Å²) >= 11 is 1.62. The van der Waals surface area contributed by atoms with Gasteiger partial charge >= 0.3 is 0 Å². The largest absolute Gasteiger partial charge is 0.496 e. The highest BCUT2D eigenvalue weighted by molar-refractivity contribution is 7.99. The topological polar surface area (TPSA) is 52.6 Å². The third kappa shape index (κ3) is 5.95. The summed E-state index contributed by atoms with van der Waals surface area (Å²) in [4.78, 5) is 1.05. The van der Waals surface area contributed by atoms with Crippen molar-refractivity contribution in [3.05, 3.63) is 24.3 Å². The Labute approximate surface area is 106 Å². The van der Waals surface area contributed by atoms with Crippen molar-refractivity contribution in [1.82, 2.24) is 0 Å². The van der Waals surface area contributed by atoms with E-state index < -0.39 is 10.1 Å². The summed E-state index contributed by atoms with van der Waals surface area (Å²) in [5.41, 5.74) is 0. The highest BCUT2D eigenvalue weighted by atomic mass is 32.2. The fourth-order valence-corrected chi connectivity index (χ4v) is 2.56. The molecule has 4 nitrogen and oxygen atoms in total. The van der Waals surface area contributed by atoms with Gasteiger partial charge in [0.25, 0.3) is 10.1 Å². The van der Waals surface area contributed by atoms with Crippen LogP contribution in [0.4, 0.5) is 0 Å². The third-order valence-electron chi connectivity index (χ3n) is 1.91. The van der Waals surface area contributed by atoms with E-state index in [0.717, 1.165) is 22.7 Å². The minimum atomic E-state index is -3.32. The number of para-hydroxylation sites is 1. The molecule has 0 spiro atoms. The molecule has 0 saturated heterocycles. The molecule has 0 aliphatic carbocycles. The van der Waals surface area contributed by atoms with Crippen LogP contribution < -0.4 is 4.74 Å². The summed E-state index contributed by atoms with van der Waals surface area (Å²) in [5, 5.41) is 0. The quantitative estimate of drug-likeness (QED) is 0.434. The molecule has 1 rings (SSSR count). The van der Waals surface area contributed by atoms with E-state index in [1.165, 1.54) is 0 Å². The Morgan fingerprint density at radius 1 is 1.29 bits per heavy atom. The van der Waals surface area contributed by atoms with Crippen LogP contribution in [0.1, 0.15) is 6.42 Å². The van der Waals surface area contributed by atoms with E-state index in [-0.39, 0.29) is 6.61 Å². The molecule has 0 radical (unpaired) electrons. The number of methoxy groups -OCH3 is 1. The summed E-state index contributed by atoms with van der Waals surface area (Å²) in [6, 6.07) is 7.73. The molecule has 6 heteroatoms. The Morgan fingerprint density at radius 2 is 2.00 bits per heavy atom. The van der Waals surface area contributed by atoms with Crippen molar-refractivity contribution in [2.75, 3.05) is 25.7 Å². The Morgan fingerprint density at radius 3 is 2.65 bits per heavy atom. The lowest BCUT2D eigenvalue weighted by Crippen LogP contribution is -2.04. The minimum Gasteiger partial charge on any atom is -0.496 e. The second kappa shape index (κ2) is 6.88. The zero-order valence-electron chi connectivity index (χ0n) is 9.88. The zero-order valence-corrected chi connectivity index (χ0v) is 11.5. The smallest absolute Gasteiger partial charge is 0.264 e. The van der Waals surface area contributed by atoms with Crippen LogP contribution in [0, 0.1) is 0 Å². The van der Waals surface area contributed by atoms with E-state index in [2.05, 4.69) is 4.18 Å². The highest BCUT2D eigenvalue weighted by Gasteiger charge is 2.03. The number of ether oxygens (including phenoxy) is 1. The van der Waals surface area contributed by atoms with E-state index in [4.69, 9.17) is 4.74 Å². The SMILES string of the molecule is COc1ccccc1SCCCOS(C)(=O)=O. The van der Waals surface area contributed by atoms with Crippen LogP contribution in [0.25, 0.3) is 0 Å². The van der Waals surface area contributed by atoms with Crippen LogP contribution in [0.2, 0.25) is 0 Å². The van der Waals surface area contributed by atoms with Gasteiger partial charge in [0.15, 0.2) is 0 Å². The fraction of sp³-hybridized carbons (Fsp3) is 0.455. The molecule has 0 fully saturated rings. The molecule has 17 heavy (non-hydrogen) atoms. The van der Waals surface area contributed by atoms with Crippen LogP contribution in [0.15, 0.2) is 29.2 Å². The Balaban J connectivity index is 2.31. The zero-order chi connectivity index (χ0) is 12.7. The van der Waals surface area contributed by atoms with Gasteiger partial charge in [-0.2, -0.15) is 8.42 Å². The van der Waals surface area contributed by atoms with Crippen molar-refractivity contribution in [2.45, 2.75) is 11.3 Å². The van der Waals surface area contributed by atoms with Gasteiger partial charge in [0.2, 0.25) is 0 Å². The first kappa shape index (κ1) is 14.3. The van der Waals surface area contributed by atoms with Gasteiger partial charge in [-0.05, 0) is 18.6 Å². The standard InChI is InChI=1S/C11H16O4S2/c1-14-10-6-3-4-7-11(10)16-9-5-8-15-17(2,12)13/h3-4,6-7H,5,8-9H2,1-2H3. The first-order chi connectivity index (χ1) is 8.03. The van der Waals surface area contributed by atoms with Crippen molar-refractivity contribution in [3.8, 4) is 5.75 Å². The predicted molar refractivity (Wildman–Crippen MR) is 69.1 cm³/mol. The molecule has 0 aromatic heterocycles. The van der Waals surface area contributed by atoms with Crippen molar-refractivity contribution >= 4 is 21.9 Å². The third-order valence-corrected chi connectivity index (χ3v) is 3.65. The average molecular weight is 276 g/mol. The van der Waals surface area contributed by atoms with Gasteiger partial charge in [-0.3, -0.25) is 4.18 Å². The van der Waals surface area contributed by atoms with E-state index in [1.54, 1.807) is 18.9 Å². The minimum absolute atomic E-state index is 0.223. The monoisotopic (exact) mass is 276 g/mol. The lowest BCUT2D eigenvalue weighted by Gasteiger charge is -2.07. The van der Waals surface area contributed by atoms with Crippen molar-refractivity contribution in [3.63, 3.8) is 0 Å². The highest BCUT2D eigenvalue weighted by Crippen LogP contribution is 2.28. The molecule has 0 saturated carbocycles. The second-order valence-corrected chi connectivity index (χ2v) is 6.16. The van der Waals surface area contributed by atoms with Crippen LogP contribution in [-0.2, 0) is 14.3 Å². The predicted octanol–water partition coefficient (Wildman–Crippen LogP) is 2.15. The maximum Gasteiger partial charge on any atom is 0.264 e. The van der Waals surface area contributed by atoms with Gasteiger partial charge in [0.05, 0.1) is 20.0 Å². The van der Waals surface area contributed by atoms with Gasteiger partial charge in [-0.15, -0.1) is 11.8 Å². The van der Waals surface area contributed by atoms with Crippen molar-refractivity contribution in [2.24, 2.45) is 0 Å². The molecule has 0 aliphatic rings. The van der Waals surface area contributed by atoms with E-state index in [9.17, 15) is 8.42 Å². The number of rotatable bonds is 7. The van der Waals surface area contributed by atoms with Gasteiger partial charge in [-0.25, -0.2) is 0 Å². The lowest BCUT2D eigenvalue weighted by atomic mass is 10.3. The second-order valence-electron chi connectivity index (χ2n) is 3.38. The molecule has 0 aliphatic heterocycles. The lowest BCUT2D eigenvalue weighted by molar-refractivity contribution is 0.323. The molecule has 0 unspecified atom stereocenters. The van der Waals surface area contributed by atoms with Crippen LogP contribution >= 0.6 is 11.8 Å². The maximum absolute atomic E-state index is 10.7. The van der Waals surface area contributed by atoms with E-state index >= 15 is 0 Å². The Kier molecular flexibility index (Phi) is 5.80. The number of hydrogen-bond acceptors (Lipinski definition) is 5. The van der Waals surface area contributed by atoms with E-state index in [0.29, 0.717) is 6.42 Å². The molecule has 1 aromatic carbocycles. The molecule has 0 amide bonds. The first-order valence-electron chi connectivity index (χ1n) is 5.13. The Bertz CT molecular complexity index is 443. The first-order valence-corrected chi connectivity index (χ1v) is 7.93. The van der Waals surface area contributed by atoms with Crippen LogP contribution in [-0.4, -0.2) is 34.1 Å².